The number of methoxy groups -OCH3 is 1. The zero-order valence-electron chi connectivity index (χ0n) is 14.1. The van der Waals surface area contributed by atoms with Crippen molar-refractivity contribution in [2.24, 2.45) is 5.92 Å². The van der Waals surface area contributed by atoms with E-state index >= 15 is 0 Å². The lowest BCUT2D eigenvalue weighted by molar-refractivity contribution is -0.116. The second-order valence-electron chi connectivity index (χ2n) is 6.31. The van der Waals surface area contributed by atoms with E-state index in [1.807, 2.05) is 36.4 Å². The van der Waals surface area contributed by atoms with E-state index in [0.29, 0.717) is 25.0 Å². The number of furan rings is 1. The number of nitrogens with one attached hydrogen (secondary N) is 1. The van der Waals surface area contributed by atoms with Gasteiger partial charge in [0.15, 0.2) is 0 Å². The fraction of sp³-hybridized carbons (Fsp3) is 0.350. The van der Waals surface area contributed by atoms with Crippen LogP contribution in [-0.4, -0.2) is 13.0 Å². The molecule has 0 aliphatic heterocycles. The summed E-state index contributed by atoms with van der Waals surface area (Å²) >= 11 is 0. The van der Waals surface area contributed by atoms with E-state index < -0.39 is 0 Å². The molecule has 2 atom stereocenters. The maximum atomic E-state index is 12.0. The monoisotopic (exact) mass is 325 g/mol. The number of hydrogen-bond donors (Lipinski definition) is 1. The van der Waals surface area contributed by atoms with Crippen molar-refractivity contribution in [3.8, 4) is 0 Å². The minimum absolute atomic E-state index is 0.139. The quantitative estimate of drug-likeness (QED) is 0.786. The molecular formula is C20H23NO3. The Labute approximate surface area is 142 Å². The van der Waals surface area contributed by atoms with Crippen LogP contribution in [0.5, 0.6) is 0 Å². The van der Waals surface area contributed by atoms with Crippen LogP contribution in [0.3, 0.4) is 0 Å². The molecule has 1 aliphatic rings. The van der Waals surface area contributed by atoms with Gasteiger partial charge in [-0.1, -0.05) is 31.2 Å². The standard InChI is InChI=1S/C20H23NO3/c1-14-11-18(14)19-9-7-17(24-19)8-10-20(22)21-12-15-5-3-4-6-16(15)13-23-2/h3-10,14,18H,11-13H2,1-2H3,(H,21,22)/b10-8+/t14-,18-/m0/s1. The Morgan fingerprint density at radius 3 is 2.75 bits per heavy atom. The fourth-order valence-corrected chi connectivity index (χ4v) is 2.80. The third kappa shape index (κ3) is 4.15. The van der Waals surface area contributed by atoms with Crippen LogP contribution in [0, 0.1) is 5.92 Å². The highest BCUT2D eigenvalue weighted by Gasteiger charge is 2.36. The van der Waals surface area contributed by atoms with Gasteiger partial charge in [-0.25, -0.2) is 0 Å². The van der Waals surface area contributed by atoms with E-state index in [2.05, 4.69) is 12.2 Å². The molecule has 0 radical (unpaired) electrons. The second kappa shape index (κ2) is 7.49. The first-order chi connectivity index (χ1) is 11.7. The van der Waals surface area contributed by atoms with Crippen LogP contribution >= 0.6 is 0 Å². The molecule has 1 N–H and O–H groups in total. The number of carbonyl (C=O) groups is 1. The molecule has 1 saturated carbocycles. The normalized spacial score (nSPS) is 19.6. The molecule has 1 amide bonds. The van der Waals surface area contributed by atoms with Crippen molar-refractivity contribution in [2.45, 2.75) is 32.4 Å². The summed E-state index contributed by atoms with van der Waals surface area (Å²) in [6.07, 6.45) is 4.42. The molecule has 126 valence electrons. The predicted molar refractivity (Wildman–Crippen MR) is 93.3 cm³/mol. The van der Waals surface area contributed by atoms with Crippen molar-refractivity contribution >= 4 is 12.0 Å². The lowest BCUT2D eigenvalue weighted by atomic mass is 10.1. The summed E-state index contributed by atoms with van der Waals surface area (Å²) in [5, 5.41) is 2.89. The molecule has 1 aromatic heterocycles. The van der Waals surface area contributed by atoms with Crippen molar-refractivity contribution in [1.29, 1.82) is 0 Å². The van der Waals surface area contributed by atoms with Crippen LogP contribution in [0.2, 0.25) is 0 Å². The Balaban J connectivity index is 1.53. The Bertz CT molecular complexity index is 732. The molecule has 3 rings (SSSR count). The molecule has 2 aromatic rings. The molecule has 0 saturated heterocycles. The summed E-state index contributed by atoms with van der Waals surface area (Å²) in [6, 6.07) is 11.8. The molecular weight excluding hydrogens is 302 g/mol. The fourth-order valence-electron chi connectivity index (χ4n) is 2.80. The van der Waals surface area contributed by atoms with Crippen LogP contribution in [0.1, 0.15) is 41.9 Å². The summed E-state index contributed by atoms with van der Waals surface area (Å²) in [6.45, 7) is 3.24. The van der Waals surface area contributed by atoms with Gasteiger partial charge in [0.2, 0.25) is 5.91 Å². The zero-order chi connectivity index (χ0) is 16.9. The topological polar surface area (TPSA) is 51.5 Å². The number of amides is 1. The van der Waals surface area contributed by atoms with Crippen LogP contribution in [0.25, 0.3) is 6.08 Å². The zero-order valence-corrected chi connectivity index (χ0v) is 14.1. The van der Waals surface area contributed by atoms with Gasteiger partial charge >= 0.3 is 0 Å². The number of ether oxygens (including phenoxy) is 1. The summed E-state index contributed by atoms with van der Waals surface area (Å²) in [4.78, 5) is 12.0. The van der Waals surface area contributed by atoms with Gasteiger partial charge in [-0.15, -0.1) is 0 Å². The van der Waals surface area contributed by atoms with Gasteiger partial charge in [-0.3, -0.25) is 4.79 Å². The van der Waals surface area contributed by atoms with Gasteiger partial charge in [-0.2, -0.15) is 0 Å². The summed E-state index contributed by atoms with van der Waals surface area (Å²) in [5.41, 5.74) is 2.14. The maximum absolute atomic E-state index is 12.0. The minimum Gasteiger partial charge on any atom is -0.461 e. The van der Waals surface area contributed by atoms with Gasteiger partial charge in [0.25, 0.3) is 0 Å². The predicted octanol–water partition coefficient (Wildman–Crippen LogP) is 3.88. The van der Waals surface area contributed by atoms with Gasteiger partial charge < -0.3 is 14.5 Å². The lowest BCUT2D eigenvalue weighted by Gasteiger charge is -2.08. The van der Waals surface area contributed by atoms with E-state index in [-0.39, 0.29) is 5.91 Å². The smallest absolute Gasteiger partial charge is 0.244 e. The minimum atomic E-state index is -0.139. The van der Waals surface area contributed by atoms with E-state index in [4.69, 9.17) is 9.15 Å². The first kappa shape index (κ1) is 16.5. The first-order valence-corrected chi connectivity index (χ1v) is 8.28. The highest BCUT2D eigenvalue weighted by Crippen LogP contribution is 2.47. The molecule has 1 aromatic carbocycles. The van der Waals surface area contributed by atoms with E-state index in [1.54, 1.807) is 13.2 Å². The van der Waals surface area contributed by atoms with Crippen molar-refractivity contribution in [3.63, 3.8) is 0 Å². The molecule has 0 unspecified atom stereocenters. The van der Waals surface area contributed by atoms with Crippen molar-refractivity contribution in [2.75, 3.05) is 7.11 Å². The van der Waals surface area contributed by atoms with Gasteiger partial charge in [0.1, 0.15) is 11.5 Å². The number of hydrogen-bond acceptors (Lipinski definition) is 3. The van der Waals surface area contributed by atoms with Crippen molar-refractivity contribution < 1.29 is 13.9 Å². The van der Waals surface area contributed by atoms with Crippen LogP contribution in [-0.2, 0) is 22.7 Å². The van der Waals surface area contributed by atoms with Crippen LogP contribution in [0.15, 0.2) is 46.9 Å². The highest BCUT2D eigenvalue weighted by molar-refractivity contribution is 5.91. The highest BCUT2D eigenvalue weighted by atomic mass is 16.5. The molecule has 4 nitrogen and oxygen atoms in total. The third-order valence-corrected chi connectivity index (χ3v) is 4.39. The number of rotatable bonds is 7. The van der Waals surface area contributed by atoms with Crippen LogP contribution in [0.4, 0.5) is 0 Å². The SMILES string of the molecule is COCc1ccccc1CNC(=O)/C=C/c1ccc([C@H]2C[C@@H]2C)o1. The first-order valence-electron chi connectivity index (χ1n) is 8.28. The van der Waals surface area contributed by atoms with Gasteiger partial charge in [0.05, 0.1) is 6.61 Å². The lowest BCUT2D eigenvalue weighted by Crippen LogP contribution is -2.21. The van der Waals surface area contributed by atoms with Crippen LogP contribution < -0.4 is 5.32 Å². The summed E-state index contributed by atoms with van der Waals surface area (Å²) in [7, 11) is 1.66. The van der Waals surface area contributed by atoms with E-state index in [9.17, 15) is 4.79 Å². The van der Waals surface area contributed by atoms with E-state index in [1.165, 1.54) is 12.5 Å². The van der Waals surface area contributed by atoms with Gasteiger partial charge in [0, 0.05) is 25.6 Å². The van der Waals surface area contributed by atoms with E-state index in [0.717, 1.165) is 22.6 Å². The molecule has 24 heavy (non-hydrogen) atoms. The molecule has 1 heterocycles. The molecule has 0 spiro atoms. The summed E-state index contributed by atoms with van der Waals surface area (Å²) < 4.78 is 10.9. The number of carbonyl (C=O) groups excluding carboxylic acids is 1. The molecule has 4 heteroatoms. The second-order valence-corrected chi connectivity index (χ2v) is 6.31. The average Bonchev–Trinajstić information content (AvgIpc) is 3.13. The maximum Gasteiger partial charge on any atom is 0.244 e. The Morgan fingerprint density at radius 1 is 1.29 bits per heavy atom. The molecule has 1 fully saturated rings. The molecule has 1 aliphatic carbocycles. The Morgan fingerprint density at radius 2 is 2.04 bits per heavy atom. The Hall–Kier alpha value is -2.33. The third-order valence-electron chi connectivity index (χ3n) is 4.39. The Kier molecular flexibility index (Phi) is 5.16. The largest absolute Gasteiger partial charge is 0.461 e. The van der Waals surface area contributed by atoms with Crippen molar-refractivity contribution in [3.05, 3.63) is 65.1 Å². The van der Waals surface area contributed by atoms with Crippen molar-refractivity contribution in [1.82, 2.24) is 5.32 Å². The molecule has 0 bridgehead atoms. The number of benzene rings is 1. The average molecular weight is 325 g/mol. The summed E-state index contributed by atoms with van der Waals surface area (Å²) in [5.74, 6) is 2.87. The van der Waals surface area contributed by atoms with Gasteiger partial charge in [-0.05, 0) is 41.7 Å².